The summed E-state index contributed by atoms with van der Waals surface area (Å²) in [4.78, 5) is 42.7. The van der Waals surface area contributed by atoms with E-state index in [0.717, 1.165) is 5.82 Å². The lowest BCUT2D eigenvalue weighted by atomic mass is 10.1. The first-order valence-electron chi connectivity index (χ1n) is 11.3. The number of carboxylic acids is 1. The molecule has 0 radical (unpaired) electrons. The molecule has 2 amide bonds. The number of rotatable bonds is 9. The number of carboxylic acid groups (broad SMARTS) is 1. The third-order valence-electron chi connectivity index (χ3n) is 5.43. The average molecular weight is 475 g/mol. The third kappa shape index (κ3) is 6.35. The molecule has 2 heterocycles. The summed E-state index contributed by atoms with van der Waals surface area (Å²) in [6, 6.07) is 19.3. The fourth-order valence-electron chi connectivity index (χ4n) is 3.81. The minimum absolute atomic E-state index is 0.0869. The molecule has 180 valence electrons. The number of nitrogens with zero attached hydrogens (tertiary/aromatic N) is 2. The van der Waals surface area contributed by atoms with E-state index in [-0.39, 0.29) is 24.8 Å². The quantitative estimate of drug-likeness (QED) is 0.404. The van der Waals surface area contributed by atoms with Gasteiger partial charge in [0.25, 0.3) is 5.91 Å². The molecule has 0 fully saturated rings. The highest BCUT2D eigenvalue weighted by atomic mass is 16.5. The smallest absolute Gasteiger partial charge is 0.307 e. The number of fused-ring (bicyclic) bond motifs is 1. The van der Waals surface area contributed by atoms with Crippen molar-refractivity contribution in [1.82, 2.24) is 4.98 Å². The highest BCUT2D eigenvalue weighted by Gasteiger charge is 2.32. The van der Waals surface area contributed by atoms with Crippen LogP contribution in [0.1, 0.15) is 29.6 Å². The van der Waals surface area contributed by atoms with E-state index < -0.39 is 12.1 Å². The molecule has 0 saturated carbocycles. The summed E-state index contributed by atoms with van der Waals surface area (Å²) < 4.78 is 5.84. The number of pyridine rings is 1. The Labute approximate surface area is 202 Å². The molecule has 1 aliphatic rings. The summed E-state index contributed by atoms with van der Waals surface area (Å²) in [5.41, 5.74) is 1.48. The van der Waals surface area contributed by atoms with E-state index in [2.05, 4.69) is 15.6 Å². The van der Waals surface area contributed by atoms with Crippen LogP contribution in [0.15, 0.2) is 72.9 Å². The van der Waals surface area contributed by atoms with Crippen molar-refractivity contribution in [2.24, 2.45) is 0 Å². The third-order valence-corrected chi connectivity index (χ3v) is 5.43. The Hall–Kier alpha value is -4.40. The number of carbonyl (C=O) groups is 3. The first-order chi connectivity index (χ1) is 17.0. The normalized spacial score (nSPS) is 14.4. The van der Waals surface area contributed by atoms with Crippen LogP contribution in [0.2, 0.25) is 0 Å². The zero-order valence-electron chi connectivity index (χ0n) is 19.0. The molecule has 4 rings (SSSR count). The summed E-state index contributed by atoms with van der Waals surface area (Å²) in [6.45, 7) is 0.691. The summed E-state index contributed by atoms with van der Waals surface area (Å²) in [5, 5.41) is 15.2. The SMILES string of the molecule is O=C(O)CC1CN(C(=O)c2ccccc2)c2cc(NC(=O)CCCNc3ccccn3)ccc2O1. The molecule has 0 spiro atoms. The number of amides is 2. The van der Waals surface area contributed by atoms with Gasteiger partial charge in [-0.25, -0.2) is 4.98 Å². The number of nitrogens with one attached hydrogen (secondary N) is 2. The molecular weight excluding hydrogens is 448 g/mol. The van der Waals surface area contributed by atoms with E-state index in [0.29, 0.717) is 42.1 Å². The molecule has 1 unspecified atom stereocenters. The number of aliphatic carboxylic acids is 1. The molecule has 2 aromatic carbocycles. The number of hydrogen-bond donors (Lipinski definition) is 3. The second-order valence-electron chi connectivity index (χ2n) is 8.10. The van der Waals surface area contributed by atoms with Gasteiger partial charge in [0.05, 0.1) is 18.7 Å². The molecule has 35 heavy (non-hydrogen) atoms. The second kappa shape index (κ2) is 11.1. The van der Waals surface area contributed by atoms with Crippen molar-refractivity contribution in [1.29, 1.82) is 0 Å². The van der Waals surface area contributed by atoms with Crippen LogP contribution < -0.4 is 20.3 Å². The fourth-order valence-corrected chi connectivity index (χ4v) is 3.81. The van der Waals surface area contributed by atoms with E-state index in [1.165, 1.54) is 4.90 Å². The molecular formula is C26H26N4O5. The lowest BCUT2D eigenvalue weighted by molar-refractivity contribution is -0.138. The number of benzene rings is 2. The monoisotopic (exact) mass is 474 g/mol. The van der Waals surface area contributed by atoms with Crippen LogP contribution in [-0.2, 0) is 9.59 Å². The molecule has 0 bridgehead atoms. The van der Waals surface area contributed by atoms with Gasteiger partial charge in [-0.2, -0.15) is 0 Å². The van der Waals surface area contributed by atoms with Gasteiger partial charge < -0.3 is 25.4 Å². The van der Waals surface area contributed by atoms with Crippen LogP contribution in [0.5, 0.6) is 5.75 Å². The van der Waals surface area contributed by atoms with Crippen molar-refractivity contribution in [3.63, 3.8) is 0 Å². The first kappa shape index (κ1) is 23.7. The summed E-state index contributed by atoms with van der Waals surface area (Å²) in [7, 11) is 0. The maximum Gasteiger partial charge on any atom is 0.307 e. The number of aromatic nitrogens is 1. The minimum atomic E-state index is -1.01. The predicted molar refractivity (Wildman–Crippen MR) is 132 cm³/mol. The van der Waals surface area contributed by atoms with Crippen LogP contribution in [0, 0.1) is 0 Å². The van der Waals surface area contributed by atoms with E-state index in [1.807, 2.05) is 24.3 Å². The number of ether oxygens (including phenoxy) is 1. The lowest BCUT2D eigenvalue weighted by Crippen LogP contribution is -2.44. The summed E-state index contributed by atoms with van der Waals surface area (Å²) in [6.07, 6.45) is 1.71. The molecule has 0 saturated heterocycles. The van der Waals surface area contributed by atoms with Crippen molar-refractivity contribution >= 4 is 35.0 Å². The highest BCUT2D eigenvalue weighted by Crippen LogP contribution is 2.37. The first-order valence-corrected chi connectivity index (χ1v) is 11.3. The maximum absolute atomic E-state index is 13.2. The van der Waals surface area contributed by atoms with Crippen LogP contribution in [0.3, 0.4) is 0 Å². The zero-order chi connectivity index (χ0) is 24.6. The van der Waals surface area contributed by atoms with Crippen molar-refractivity contribution in [2.45, 2.75) is 25.4 Å². The second-order valence-corrected chi connectivity index (χ2v) is 8.10. The number of carbonyl (C=O) groups excluding carboxylic acids is 2. The molecule has 9 nitrogen and oxygen atoms in total. The van der Waals surface area contributed by atoms with Gasteiger partial charge in [0, 0.05) is 30.4 Å². The van der Waals surface area contributed by atoms with Crippen LogP contribution in [-0.4, -0.2) is 47.1 Å². The summed E-state index contributed by atoms with van der Waals surface area (Å²) >= 11 is 0. The largest absolute Gasteiger partial charge is 0.486 e. The highest BCUT2D eigenvalue weighted by molar-refractivity contribution is 6.07. The standard InChI is InChI=1S/C26H26N4O5/c31-24(10-6-14-28-23-9-4-5-13-27-23)29-19-11-12-22-21(15-19)30(17-20(35-22)16-25(32)33)26(34)18-7-2-1-3-8-18/h1-5,7-9,11-13,15,20H,6,10,14,16-17H2,(H,27,28)(H,29,31)(H,32,33). The lowest BCUT2D eigenvalue weighted by Gasteiger charge is -2.34. The molecule has 1 aliphatic heterocycles. The Kier molecular flexibility index (Phi) is 7.57. The van der Waals surface area contributed by atoms with Crippen LogP contribution in [0.25, 0.3) is 0 Å². The molecule has 9 heteroatoms. The Balaban J connectivity index is 1.44. The average Bonchev–Trinajstić information content (AvgIpc) is 2.87. The van der Waals surface area contributed by atoms with Crippen molar-refractivity contribution in [2.75, 3.05) is 28.6 Å². The van der Waals surface area contributed by atoms with Crippen LogP contribution >= 0.6 is 0 Å². The molecule has 1 atom stereocenters. The van der Waals surface area contributed by atoms with Gasteiger partial charge in [0.2, 0.25) is 5.91 Å². The van der Waals surface area contributed by atoms with Gasteiger partial charge in [0.1, 0.15) is 17.7 Å². The van der Waals surface area contributed by atoms with Gasteiger partial charge in [-0.05, 0) is 48.9 Å². The maximum atomic E-state index is 13.2. The minimum Gasteiger partial charge on any atom is -0.486 e. The predicted octanol–water partition coefficient (Wildman–Crippen LogP) is 3.79. The number of anilines is 3. The van der Waals surface area contributed by atoms with Gasteiger partial charge >= 0.3 is 5.97 Å². The fraction of sp³-hybridized carbons (Fsp3) is 0.231. The van der Waals surface area contributed by atoms with Gasteiger partial charge in [-0.3, -0.25) is 14.4 Å². The Morgan fingerprint density at radius 2 is 1.86 bits per heavy atom. The Morgan fingerprint density at radius 3 is 2.60 bits per heavy atom. The van der Waals surface area contributed by atoms with Crippen LogP contribution in [0.4, 0.5) is 17.2 Å². The zero-order valence-corrected chi connectivity index (χ0v) is 19.0. The van der Waals surface area contributed by atoms with Crippen molar-refractivity contribution in [3.8, 4) is 5.75 Å². The van der Waals surface area contributed by atoms with Crippen molar-refractivity contribution in [3.05, 3.63) is 78.5 Å². The Bertz CT molecular complexity index is 1190. The van der Waals surface area contributed by atoms with Crippen molar-refractivity contribution < 1.29 is 24.2 Å². The Morgan fingerprint density at radius 1 is 1.06 bits per heavy atom. The van der Waals surface area contributed by atoms with Gasteiger partial charge in [0.15, 0.2) is 0 Å². The molecule has 3 aromatic rings. The van der Waals surface area contributed by atoms with E-state index in [1.54, 1.807) is 48.7 Å². The van der Waals surface area contributed by atoms with E-state index >= 15 is 0 Å². The molecule has 0 aliphatic carbocycles. The van der Waals surface area contributed by atoms with E-state index in [9.17, 15) is 19.5 Å². The molecule has 1 aromatic heterocycles. The van der Waals surface area contributed by atoms with Gasteiger partial charge in [-0.15, -0.1) is 0 Å². The number of hydrogen-bond acceptors (Lipinski definition) is 6. The summed E-state index contributed by atoms with van der Waals surface area (Å²) in [5.74, 6) is -0.285. The van der Waals surface area contributed by atoms with Gasteiger partial charge in [-0.1, -0.05) is 24.3 Å². The molecule has 3 N–H and O–H groups in total. The topological polar surface area (TPSA) is 121 Å². The van der Waals surface area contributed by atoms with E-state index in [4.69, 9.17) is 4.74 Å².